The van der Waals surface area contributed by atoms with Crippen LogP contribution in [0.4, 0.5) is 0 Å². The molecule has 0 bridgehead atoms. The summed E-state index contributed by atoms with van der Waals surface area (Å²) in [5.41, 5.74) is 8.76. The van der Waals surface area contributed by atoms with Crippen molar-refractivity contribution in [1.29, 1.82) is 0 Å². The van der Waals surface area contributed by atoms with Crippen LogP contribution in [0.2, 0.25) is 0 Å². The van der Waals surface area contributed by atoms with E-state index in [2.05, 4.69) is 33.8 Å². The lowest BCUT2D eigenvalue weighted by Gasteiger charge is -2.58. The van der Waals surface area contributed by atoms with Gasteiger partial charge in [0.15, 0.2) is 0 Å². The molecule has 1 saturated heterocycles. The lowest BCUT2D eigenvalue weighted by molar-refractivity contribution is -0.236. The monoisotopic (exact) mass is 563 g/mol. The zero-order valence-electron chi connectivity index (χ0n) is 25.3. The van der Waals surface area contributed by atoms with Gasteiger partial charge in [0.25, 0.3) is 0 Å². The zero-order chi connectivity index (χ0) is 29.0. The van der Waals surface area contributed by atoms with Crippen LogP contribution in [0.3, 0.4) is 0 Å². The van der Waals surface area contributed by atoms with Crippen molar-refractivity contribution >= 4 is 0 Å². The van der Waals surface area contributed by atoms with Gasteiger partial charge in [0, 0.05) is 6.04 Å². The fourth-order valence-electron chi connectivity index (χ4n) is 10.5. The summed E-state index contributed by atoms with van der Waals surface area (Å²) in [6.07, 6.45) is 9.34. The Hall–Kier alpha value is -0.540. The molecule has 230 valence electrons. The summed E-state index contributed by atoms with van der Waals surface area (Å²) in [5, 5.41) is 50.6. The van der Waals surface area contributed by atoms with Crippen molar-refractivity contribution in [2.45, 2.75) is 141 Å². The highest BCUT2D eigenvalue weighted by molar-refractivity contribution is 5.25. The van der Waals surface area contributed by atoms with Crippen molar-refractivity contribution in [3.05, 3.63) is 11.6 Å². The Morgan fingerprint density at radius 2 is 1.70 bits per heavy atom. The number of nitrogens with two attached hydrogens (primary N) is 1. The van der Waals surface area contributed by atoms with E-state index >= 15 is 0 Å². The van der Waals surface area contributed by atoms with E-state index in [0.717, 1.165) is 62.2 Å². The quantitative estimate of drug-likeness (QED) is 0.249. The fraction of sp³-hybridized carbons (Fsp3) is 0.939. The maximum Gasteiger partial charge on any atom is 0.111 e. The fourth-order valence-corrected chi connectivity index (χ4v) is 10.5. The highest BCUT2D eigenvalue weighted by Gasteiger charge is 2.59. The first-order chi connectivity index (χ1) is 18.9. The van der Waals surface area contributed by atoms with Gasteiger partial charge in [-0.15, -0.1) is 0 Å². The summed E-state index contributed by atoms with van der Waals surface area (Å²) in [6.45, 7) is 9.21. The van der Waals surface area contributed by atoms with Crippen molar-refractivity contribution in [2.75, 3.05) is 6.61 Å². The van der Waals surface area contributed by atoms with Gasteiger partial charge in [0.1, 0.15) is 30.5 Å². The zero-order valence-corrected chi connectivity index (χ0v) is 25.3. The molecule has 4 fully saturated rings. The lowest BCUT2D eigenvalue weighted by Crippen LogP contribution is -2.63. The molecule has 3 saturated carbocycles. The largest absolute Gasteiger partial charge is 0.394 e. The van der Waals surface area contributed by atoms with Gasteiger partial charge < -0.3 is 36.0 Å². The van der Waals surface area contributed by atoms with E-state index in [1.165, 1.54) is 32.1 Å². The van der Waals surface area contributed by atoms with Crippen molar-refractivity contribution in [3.63, 3.8) is 0 Å². The van der Waals surface area contributed by atoms with Crippen LogP contribution in [0.1, 0.15) is 98.3 Å². The van der Waals surface area contributed by atoms with E-state index < -0.39 is 43.2 Å². The molecule has 4 aliphatic carbocycles. The molecule has 0 amide bonds. The van der Waals surface area contributed by atoms with Crippen molar-refractivity contribution in [3.8, 4) is 0 Å². The number of aliphatic hydroxyl groups is 5. The van der Waals surface area contributed by atoms with Crippen LogP contribution in [-0.4, -0.2) is 74.8 Å². The number of fused-ring (bicyclic) bond motifs is 5. The molecule has 7 heteroatoms. The number of hydrogen-bond donors (Lipinski definition) is 6. The molecule has 1 heterocycles. The number of ether oxygens (including phenoxy) is 1. The van der Waals surface area contributed by atoms with Gasteiger partial charge in [-0.25, -0.2) is 0 Å². The van der Waals surface area contributed by atoms with Crippen molar-refractivity contribution in [2.24, 2.45) is 52.1 Å². The van der Waals surface area contributed by atoms with Gasteiger partial charge in [-0.05, 0) is 104 Å². The normalized spacial score (nSPS) is 49.3. The van der Waals surface area contributed by atoms with Crippen LogP contribution >= 0.6 is 0 Å². The number of hydrogen-bond acceptors (Lipinski definition) is 7. The number of rotatable bonds is 8. The van der Waals surface area contributed by atoms with E-state index in [1.807, 2.05) is 0 Å². The first-order valence-corrected chi connectivity index (χ1v) is 16.4. The van der Waals surface area contributed by atoms with Crippen LogP contribution < -0.4 is 5.73 Å². The van der Waals surface area contributed by atoms with Gasteiger partial charge in [-0.1, -0.05) is 52.2 Å². The minimum absolute atomic E-state index is 0.0777. The molecule has 0 aromatic carbocycles. The first-order valence-electron chi connectivity index (χ1n) is 16.4. The van der Waals surface area contributed by atoms with Crippen LogP contribution in [-0.2, 0) is 4.74 Å². The molecule has 15 atom stereocenters. The van der Waals surface area contributed by atoms with Crippen LogP contribution in [0.5, 0.6) is 0 Å². The van der Waals surface area contributed by atoms with E-state index in [-0.39, 0.29) is 12.0 Å². The van der Waals surface area contributed by atoms with Gasteiger partial charge >= 0.3 is 0 Å². The van der Waals surface area contributed by atoms with Crippen molar-refractivity contribution < 1.29 is 30.3 Å². The predicted molar refractivity (Wildman–Crippen MR) is 155 cm³/mol. The van der Waals surface area contributed by atoms with Crippen molar-refractivity contribution in [1.82, 2.24) is 0 Å². The topological polar surface area (TPSA) is 136 Å². The van der Waals surface area contributed by atoms with Gasteiger partial charge in [0.2, 0.25) is 0 Å². The Kier molecular flexibility index (Phi) is 9.16. The highest BCUT2D eigenvalue weighted by atomic mass is 16.5. The third-order valence-corrected chi connectivity index (χ3v) is 13.1. The number of allylic oxidation sites excluding steroid dienone is 1. The Morgan fingerprint density at radius 1 is 0.950 bits per heavy atom. The SMILES string of the molecule is CC(CCC[C@@H](C)[C@H]1CC[C@H]2[C@@H]3CC=C4C[C@@H](O)CC[C@]4(C)[C@H]3CC[C@]12C)C(N)C1O[C@H](CO)[C@@H](O)[C@H](O)[C@@H]1O. The van der Waals surface area contributed by atoms with Crippen LogP contribution in [0.15, 0.2) is 11.6 Å². The van der Waals surface area contributed by atoms with E-state index in [0.29, 0.717) is 16.7 Å². The molecule has 0 aromatic heterocycles. The second-order valence-electron chi connectivity index (χ2n) is 15.1. The number of aliphatic hydroxyl groups excluding tert-OH is 5. The minimum atomic E-state index is -1.38. The average molecular weight is 564 g/mol. The highest BCUT2D eigenvalue weighted by Crippen LogP contribution is 2.67. The Morgan fingerprint density at radius 3 is 2.42 bits per heavy atom. The van der Waals surface area contributed by atoms with Gasteiger partial charge in [-0.2, -0.15) is 0 Å². The summed E-state index contributed by atoms with van der Waals surface area (Å²) < 4.78 is 5.73. The molecule has 7 N–H and O–H groups in total. The molecule has 1 aliphatic heterocycles. The van der Waals surface area contributed by atoms with Gasteiger partial charge in [0.05, 0.1) is 12.7 Å². The second kappa shape index (κ2) is 11.9. The first kappa shape index (κ1) is 30.9. The molecule has 3 unspecified atom stereocenters. The summed E-state index contributed by atoms with van der Waals surface area (Å²) in [7, 11) is 0. The Balaban J connectivity index is 1.16. The molecule has 7 nitrogen and oxygen atoms in total. The molecular weight excluding hydrogens is 506 g/mol. The molecular formula is C33H57NO6. The average Bonchev–Trinajstić information content (AvgIpc) is 3.29. The molecule has 40 heavy (non-hydrogen) atoms. The molecule has 0 aromatic rings. The van der Waals surface area contributed by atoms with E-state index in [9.17, 15) is 25.5 Å². The second-order valence-corrected chi connectivity index (χ2v) is 15.1. The molecule has 0 radical (unpaired) electrons. The van der Waals surface area contributed by atoms with E-state index in [1.54, 1.807) is 5.57 Å². The molecule has 5 rings (SSSR count). The smallest absolute Gasteiger partial charge is 0.111 e. The third kappa shape index (κ3) is 5.24. The Bertz CT molecular complexity index is 911. The standard InChI is InChI=1S/C33H57NO6/c1-18(6-5-7-19(2)27(34)31-30(39)29(38)28(37)26(17-35)40-31)23-10-11-24-22-9-8-20-16-21(36)12-14-32(20,3)25(22)13-15-33(23,24)4/h8,18-19,21-31,35-39H,5-7,9-17,34H2,1-4H3/t18-,19?,21+,22+,23-,24+,25+,26-,27?,28-,29+,30+,31?,32+,33-/m1/s1. The van der Waals surface area contributed by atoms with Gasteiger partial charge in [-0.3, -0.25) is 0 Å². The van der Waals surface area contributed by atoms with E-state index in [4.69, 9.17) is 10.5 Å². The summed E-state index contributed by atoms with van der Waals surface area (Å²) >= 11 is 0. The maximum absolute atomic E-state index is 10.5. The molecule has 5 aliphatic rings. The maximum atomic E-state index is 10.5. The summed E-state index contributed by atoms with van der Waals surface area (Å²) in [6, 6.07) is -0.489. The third-order valence-electron chi connectivity index (χ3n) is 13.1. The van der Waals surface area contributed by atoms with Crippen LogP contribution in [0.25, 0.3) is 0 Å². The lowest BCUT2D eigenvalue weighted by atomic mass is 9.47. The summed E-state index contributed by atoms with van der Waals surface area (Å²) in [4.78, 5) is 0. The molecule has 0 spiro atoms. The predicted octanol–water partition coefficient (Wildman–Crippen LogP) is 3.54. The minimum Gasteiger partial charge on any atom is -0.394 e. The summed E-state index contributed by atoms with van der Waals surface area (Å²) in [5.74, 6) is 3.85. The Labute approximate surface area is 241 Å². The van der Waals surface area contributed by atoms with Crippen LogP contribution in [0, 0.1) is 46.3 Å².